The van der Waals surface area contributed by atoms with Crippen molar-refractivity contribution in [3.63, 3.8) is 0 Å². The average molecular weight is 448 g/mol. The molecule has 1 aromatic carbocycles. The highest BCUT2D eigenvalue weighted by molar-refractivity contribution is 14.0. The number of hydrogen-bond acceptors (Lipinski definition) is 4. The van der Waals surface area contributed by atoms with Crippen molar-refractivity contribution < 1.29 is 9.66 Å². The normalized spacial score (nSPS) is 17.5. The van der Waals surface area contributed by atoms with E-state index >= 15 is 0 Å². The van der Waals surface area contributed by atoms with Crippen LogP contribution in [0.4, 0.5) is 5.69 Å². The Balaban J connectivity index is 0.00000288. The second-order valence-electron chi connectivity index (χ2n) is 5.59. The Morgan fingerprint density at radius 3 is 3.00 bits per heavy atom. The second kappa shape index (κ2) is 10.4. The smallest absolute Gasteiger partial charge is 0.269 e. The third-order valence-corrected chi connectivity index (χ3v) is 3.93. The minimum absolute atomic E-state index is 0. The number of halogens is 1. The van der Waals surface area contributed by atoms with Gasteiger partial charge in [-0.2, -0.15) is 0 Å². The quantitative estimate of drug-likeness (QED) is 0.238. The highest BCUT2D eigenvalue weighted by Crippen LogP contribution is 2.17. The third-order valence-electron chi connectivity index (χ3n) is 3.93. The number of nitrogens with one attached hydrogen (secondary N) is 1. The van der Waals surface area contributed by atoms with Gasteiger partial charge in [0.05, 0.1) is 11.5 Å². The van der Waals surface area contributed by atoms with Crippen LogP contribution in [-0.4, -0.2) is 49.1 Å². The highest BCUT2D eigenvalue weighted by Gasteiger charge is 2.24. The molecule has 1 atom stereocenters. The SMILES string of the molecule is CCOCC1CCN(C(=NC)NCc2cccc([N+](=O)[O-])c2)C1.I. The van der Waals surface area contributed by atoms with Gasteiger partial charge < -0.3 is 15.0 Å². The van der Waals surface area contributed by atoms with Gasteiger partial charge in [-0.25, -0.2) is 0 Å². The second-order valence-corrected chi connectivity index (χ2v) is 5.59. The number of guanidine groups is 1. The lowest BCUT2D eigenvalue weighted by atomic mass is 10.1. The van der Waals surface area contributed by atoms with Crippen LogP contribution in [0.5, 0.6) is 0 Å². The molecule has 0 radical (unpaired) electrons. The summed E-state index contributed by atoms with van der Waals surface area (Å²) in [5, 5.41) is 14.1. The van der Waals surface area contributed by atoms with E-state index in [4.69, 9.17) is 4.74 Å². The molecule has 0 aliphatic carbocycles. The summed E-state index contributed by atoms with van der Waals surface area (Å²) >= 11 is 0. The first-order valence-electron chi connectivity index (χ1n) is 7.90. The molecule has 2 rings (SSSR count). The molecule has 1 saturated heterocycles. The molecular weight excluding hydrogens is 423 g/mol. The van der Waals surface area contributed by atoms with E-state index in [1.807, 2.05) is 13.0 Å². The van der Waals surface area contributed by atoms with Gasteiger partial charge in [0.1, 0.15) is 0 Å². The van der Waals surface area contributed by atoms with Crippen molar-refractivity contribution >= 4 is 35.6 Å². The maximum absolute atomic E-state index is 10.8. The van der Waals surface area contributed by atoms with Crippen LogP contribution in [-0.2, 0) is 11.3 Å². The van der Waals surface area contributed by atoms with Crippen LogP contribution < -0.4 is 5.32 Å². The molecular formula is C16H25IN4O3. The van der Waals surface area contributed by atoms with Crippen molar-refractivity contribution in [2.75, 3.05) is 33.4 Å². The largest absolute Gasteiger partial charge is 0.381 e. The number of rotatable bonds is 6. The summed E-state index contributed by atoms with van der Waals surface area (Å²) in [4.78, 5) is 17.0. The Kier molecular flexibility index (Phi) is 8.98. The molecule has 0 saturated carbocycles. The Morgan fingerprint density at radius 2 is 2.33 bits per heavy atom. The van der Waals surface area contributed by atoms with Gasteiger partial charge in [0, 0.05) is 51.3 Å². The Hall–Kier alpha value is -1.42. The minimum Gasteiger partial charge on any atom is -0.381 e. The first-order chi connectivity index (χ1) is 11.1. The third kappa shape index (κ3) is 5.90. The van der Waals surface area contributed by atoms with Crippen molar-refractivity contribution in [3.8, 4) is 0 Å². The molecule has 1 N–H and O–H groups in total. The van der Waals surface area contributed by atoms with Gasteiger partial charge in [-0.15, -0.1) is 24.0 Å². The maximum Gasteiger partial charge on any atom is 0.269 e. The van der Waals surface area contributed by atoms with E-state index in [0.29, 0.717) is 12.5 Å². The number of aliphatic imine (C=N–C) groups is 1. The van der Waals surface area contributed by atoms with E-state index in [-0.39, 0.29) is 34.6 Å². The average Bonchev–Trinajstić information content (AvgIpc) is 3.02. The molecule has 1 unspecified atom stereocenters. The number of likely N-dealkylation sites (tertiary alicyclic amines) is 1. The van der Waals surface area contributed by atoms with Crippen LogP contribution in [0.25, 0.3) is 0 Å². The lowest BCUT2D eigenvalue weighted by Crippen LogP contribution is -2.39. The van der Waals surface area contributed by atoms with Crippen molar-refractivity contribution in [2.45, 2.75) is 19.9 Å². The Labute approximate surface area is 159 Å². The first-order valence-corrected chi connectivity index (χ1v) is 7.90. The predicted octanol–water partition coefficient (Wildman–Crippen LogP) is 2.65. The maximum atomic E-state index is 10.8. The van der Waals surface area contributed by atoms with E-state index in [9.17, 15) is 10.1 Å². The number of benzene rings is 1. The Morgan fingerprint density at radius 1 is 1.54 bits per heavy atom. The summed E-state index contributed by atoms with van der Waals surface area (Å²) in [5.41, 5.74) is 0.975. The summed E-state index contributed by atoms with van der Waals surface area (Å²) in [6, 6.07) is 6.65. The number of ether oxygens (including phenoxy) is 1. The lowest BCUT2D eigenvalue weighted by Gasteiger charge is -2.21. The number of nitro groups is 1. The number of nitro benzene ring substituents is 1. The zero-order valence-electron chi connectivity index (χ0n) is 14.1. The van der Waals surface area contributed by atoms with Crippen LogP contribution >= 0.6 is 24.0 Å². The summed E-state index contributed by atoms with van der Waals surface area (Å²) in [5.74, 6) is 1.36. The van der Waals surface area contributed by atoms with E-state index in [2.05, 4.69) is 15.2 Å². The van der Waals surface area contributed by atoms with Crippen molar-refractivity contribution in [2.24, 2.45) is 10.9 Å². The summed E-state index contributed by atoms with van der Waals surface area (Å²) < 4.78 is 5.49. The fourth-order valence-electron chi connectivity index (χ4n) is 2.74. The molecule has 24 heavy (non-hydrogen) atoms. The summed E-state index contributed by atoms with van der Waals surface area (Å²) in [6.45, 7) is 5.93. The zero-order valence-corrected chi connectivity index (χ0v) is 16.4. The summed E-state index contributed by atoms with van der Waals surface area (Å²) in [7, 11) is 1.76. The van der Waals surface area contributed by atoms with Crippen LogP contribution in [0.15, 0.2) is 29.3 Å². The van der Waals surface area contributed by atoms with Crippen molar-refractivity contribution in [1.82, 2.24) is 10.2 Å². The summed E-state index contributed by atoms with van der Waals surface area (Å²) in [6.07, 6.45) is 1.09. The van der Waals surface area contributed by atoms with Gasteiger partial charge in [0.25, 0.3) is 5.69 Å². The van der Waals surface area contributed by atoms with Gasteiger partial charge in [-0.1, -0.05) is 12.1 Å². The van der Waals surface area contributed by atoms with E-state index < -0.39 is 0 Å². The lowest BCUT2D eigenvalue weighted by molar-refractivity contribution is -0.384. The van der Waals surface area contributed by atoms with Crippen molar-refractivity contribution in [3.05, 3.63) is 39.9 Å². The van der Waals surface area contributed by atoms with Gasteiger partial charge in [0.15, 0.2) is 5.96 Å². The molecule has 1 fully saturated rings. The molecule has 0 aromatic heterocycles. The van der Waals surface area contributed by atoms with Gasteiger partial charge in [0.2, 0.25) is 0 Å². The van der Waals surface area contributed by atoms with E-state index in [0.717, 1.165) is 44.2 Å². The molecule has 134 valence electrons. The molecule has 1 aliphatic rings. The predicted molar refractivity (Wildman–Crippen MR) is 105 cm³/mol. The fraction of sp³-hybridized carbons (Fsp3) is 0.562. The number of nitrogens with zero attached hydrogens (tertiary/aromatic N) is 3. The van der Waals surface area contributed by atoms with Crippen LogP contribution in [0.1, 0.15) is 18.9 Å². The first kappa shape index (κ1) is 20.6. The minimum atomic E-state index is -0.378. The van der Waals surface area contributed by atoms with Gasteiger partial charge >= 0.3 is 0 Å². The number of non-ortho nitro benzene ring substituents is 1. The standard InChI is InChI=1S/C16H24N4O3.HI/c1-3-23-12-14-7-8-19(11-14)16(17-2)18-10-13-5-4-6-15(9-13)20(21)22;/h4-6,9,14H,3,7-8,10-12H2,1-2H3,(H,17,18);1H. The zero-order chi connectivity index (χ0) is 16.7. The fourth-order valence-corrected chi connectivity index (χ4v) is 2.74. The molecule has 7 nitrogen and oxygen atoms in total. The molecule has 1 heterocycles. The molecule has 1 aliphatic heterocycles. The van der Waals surface area contributed by atoms with Crippen LogP contribution in [0.2, 0.25) is 0 Å². The van der Waals surface area contributed by atoms with Crippen LogP contribution in [0.3, 0.4) is 0 Å². The molecule has 8 heteroatoms. The van der Waals surface area contributed by atoms with Gasteiger partial charge in [-0.3, -0.25) is 15.1 Å². The molecule has 0 amide bonds. The topological polar surface area (TPSA) is 80.0 Å². The molecule has 1 aromatic rings. The molecule has 0 spiro atoms. The number of hydrogen-bond donors (Lipinski definition) is 1. The van der Waals surface area contributed by atoms with Gasteiger partial charge in [-0.05, 0) is 18.9 Å². The highest BCUT2D eigenvalue weighted by atomic mass is 127. The van der Waals surface area contributed by atoms with E-state index in [1.165, 1.54) is 6.07 Å². The van der Waals surface area contributed by atoms with Crippen molar-refractivity contribution in [1.29, 1.82) is 0 Å². The van der Waals surface area contributed by atoms with E-state index in [1.54, 1.807) is 19.2 Å². The molecule has 0 bridgehead atoms. The monoisotopic (exact) mass is 448 g/mol. The van der Waals surface area contributed by atoms with Crippen LogP contribution in [0, 0.1) is 16.0 Å². The Bertz CT molecular complexity index is 568.